The average molecular weight is 646 g/mol. The third kappa shape index (κ3) is 6.88. The molecule has 0 unspecified atom stereocenters. The van der Waals surface area contributed by atoms with E-state index in [1.807, 2.05) is 66.2 Å². The standard InChI is InChI=1S/C35H36ClN3O7/c1-21-31(32-28(36)16-14-26-27(15-17-30(40)44-4)34(35(41)45-5)37-33(26)32)29(20-46-19-23-8-12-25(43-3)13-9-23)38-39(21)18-22-6-10-24(42-2)11-7-22/h6-14,16,37H,15,17-20H2,1-5H3. The number of hydrogen-bond donors (Lipinski definition) is 1. The minimum Gasteiger partial charge on any atom is -0.497 e. The Bertz CT molecular complexity index is 1840. The lowest BCUT2D eigenvalue weighted by Gasteiger charge is -2.11. The van der Waals surface area contributed by atoms with Crippen LogP contribution in [0, 0.1) is 6.92 Å². The van der Waals surface area contributed by atoms with Crippen LogP contribution in [0.15, 0.2) is 60.7 Å². The van der Waals surface area contributed by atoms with Crippen LogP contribution in [-0.4, -0.2) is 55.1 Å². The fraction of sp³-hybridized carbons (Fsp3) is 0.286. The number of aryl methyl sites for hydroxylation is 1. The number of rotatable bonds is 13. The molecule has 0 saturated heterocycles. The van der Waals surface area contributed by atoms with Crippen molar-refractivity contribution < 1.29 is 33.3 Å². The van der Waals surface area contributed by atoms with Gasteiger partial charge in [-0.2, -0.15) is 5.10 Å². The summed E-state index contributed by atoms with van der Waals surface area (Å²) >= 11 is 6.95. The van der Waals surface area contributed by atoms with Gasteiger partial charge in [0.2, 0.25) is 0 Å². The zero-order valence-electron chi connectivity index (χ0n) is 26.4. The number of aromatic amines is 1. The Kier molecular flexibility index (Phi) is 10.3. The molecular weight excluding hydrogens is 610 g/mol. The molecule has 0 bridgehead atoms. The third-order valence-corrected chi connectivity index (χ3v) is 8.23. The van der Waals surface area contributed by atoms with Crippen LogP contribution in [0.5, 0.6) is 11.5 Å². The van der Waals surface area contributed by atoms with Crippen molar-refractivity contribution in [2.75, 3.05) is 28.4 Å². The van der Waals surface area contributed by atoms with E-state index in [0.717, 1.165) is 39.3 Å². The number of aromatic nitrogens is 3. The molecule has 11 heteroatoms. The zero-order chi connectivity index (χ0) is 32.8. The van der Waals surface area contributed by atoms with Gasteiger partial charge >= 0.3 is 11.9 Å². The summed E-state index contributed by atoms with van der Waals surface area (Å²) in [5.74, 6) is 0.605. The van der Waals surface area contributed by atoms with Crippen molar-refractivity contribution in [1.82, 2.24) is 14.8 Å². The first-order valence-corrected chi connectivity index (χ1v) is 15.0. The summed E-state index contributed by atoms with van der Waals surface area (Å²) in [6.45, 7) is 3.04. The molecule has 0 saturated carbocycles. The fourth-order valence-electron chi connectivity index (χ4n) is 5.48. The van der Waals surface area contributed by atoms with E-state index in [-0.39, 0.29) is 31.1 Å². The highest BCUT2D eigenvalue weighted by Crippen LogP contribution is 2.41. The van der Waals surface area contributed by atoms with Crippen LogP contribution >= 0.6 is 11.6 Å². The molecule has 5 aromatic rings. The number of methoxy groups -OCH3 is 4. The third-order valence-electron chi connectivity index (χ3n) is 7.91. The number of nitrogens with zero attached hydrogens (tertiary/aromatic N) is 2. The van der Waals surface area contributed by atoms with Gasteiger partial charge in [-0.05, 0) is 60.4 Å². The molecule has 2 heterocycles. The van der Waals surface area contributed by atoms with Gasteiger partial charge in [-0.25, -0.2) is 4.79 Å². The quantitative estimate of drug-likeness (QED) is 0.141. The number of H-pyrrole nitrogens is 1. The SMILES string of the molecule is COC(=O)CCc1c(C(=O)OC)[nH]c2c(-c3c(COCc4ccc(OC)cc4)nn(Cc4ccc(OC)cc4)c3C)c(Cl)ccc12. The lowest BCUT2D eigenvalue weighted by atomic mass is 9.98. The Balaban J connectivity index is 1.60. The molecule has 1 N–H and O–H groups in total. The van der Waals surface area contributed by atoms with Crippen LogP contribution in [0.25, 0.3) is 22.0 Å². The fourth-order valence-corrected chi connectivity index (χ4v) is 5.74. The molecule has 0 aliphatic carbocycles. The molecule has 240 valence electrons. The number of nitrogens with one attached hydrogen (secondary N) is 1. The minimum atomic E-state index is -0.548. The number of benzene rings is 3. The van der Waals surface area contributed by atoms with Gasteiger partial charge < -0.3 is 28.7 Å². The predicted molar refractivity (Wildman–Crippen MR) is 175 cm³/mol. The van der Waals surface area contributed by atoms with Gasteiger partial charge in [0.1, 0.15) is 17.2 Å². The van der Waals surface area contributed by atoms with Gasteiger partial charge in [-0.15, -0.1) is 0 Å². The Morgan fingerprint density at radius 2 is 1.48 bits per heavy atom. The summed E-state index contributed by atoms with van der Waals surface area (Å²) in [7, 11) is 5.91. The molecule has 3 aromatic carbocycles. The molecule has 2 aromatic heterocycles. The largest absolute Gasteiger partial charge is 0.497 e. The first-order valence-electron chi connectivity index (χ1n) is 14.7. The van der Waals surface area contributed by atoms with Crippen molar-refractivity contribution in [2.24, 2.45) is 0 Å². The molecule has 46 heavy (non-hydrogen) atoms. The lowest BCUT2D eigenvalue weighted by Crippen LogP contribution is -2.07. The molecule has 0 fully saturated rings. The van der Waals surface area contributed by atoms with Gasteiger partial charge in [-0.3, -0.25) is 9.48 Å². The van der Waals surface area contributed by atoms with E-state index in [1.54, 1.807) is 20.3 Å². The second-order valence-corrected chi connectivity index (χ2v) is 11.1. The minimum absolute atomic E-state index is 0.0919. The maximum absolute atomic E-state index is 12.9. The Hall–Kier alpha value is -4.80. The summed E-state index contributed by atoms with van der Waals surface area (Å²) in [6.07, 6.45) is 0.362. The molecule has 0 aliphatic heterocycles. The summed E-state index contributed by atoms with van der Waals surface area (Å²) in [6, 6.07) is 19.1. The van der Waals surface area contributed by atoms with Gasteiger partial charge in [0.25, 0.3) is 0 Å². The molecule has 0 radical (unpaired) electrons. The van der Waals surface area contributed by atoms with E-state index in [1.165, 1.54) is 14.2 Å². The summed E-state index contributed by atoms with van der Waals surface area (Å²) in [5, 5.41) is 6.21. The first-order chi connectivity index (χ1) is 22.3. The first kappa shape index (κ1) is 32.6. The van der Waals surface area contributed by atoms with E-state index < -0.39 is 5.97 Å². The maximum Gasteiger partial charge on any atom is 0.354 e. The summed E-state index contributed by atoms with van der Waals surface area (Å²) in [4.78, 5) is 28.2. The van der Waals surface area contributed by atoms with Crippen LogP contribution in [0.4, 0.5) is 0 Å². The van der Waals surface area contributed by atoms with Crippen LogP contribution in [-0.2, 0) is 45.2 Å². The van der Waals surface area contributed by atoms with Crippen molar-refractivity contribution >= 4 is 34.4 Å². The van der Waals surface area contributed by atoms with Crippen molar-refractivity contribution in [1.29, 1.82) is 0 Å². The lowest BCUT2D eigenvalue weighted by molar-refractivity contribution is -0.140. The Morgan fingerprint density at radius 3 is 2.09 bits per heavy atom. The van der Waals surface area contributed by atoms with E-state index >= 15 is 0 Å². The number of ether oxygens (including phenoxy) is 5. The Labute approximate surface area is 272 Å². The summed E-state index contributed by atoms with van der Waals surface area (Å²) < 4.78 is 28.6. The van der Waals surface area contributed by atoms with E-state index in [2.05, 4.69) is 4.98 Å². The monoisotopic (exact) mass is 645 g/mol. The van der Waals surface area contributed by atoms with Crippen LogP contribution in [0.3, 0.4) is 0 Å². The molecule has 0 amide bonds. The van der Waals surface area contributed by atoms with Crippen molar-refractivity contribution in [2.45, 2.75) is 39.5 Å². The van der Waals surface area contributed by atoms with Gasteiger partial charge in [0, 0.05) is 28.6 Å². The normalized spacial score (nSPS) is 11.1. The maximum atomic E-state index is 12.9. The number of fused-ring (bicyclic) bond motifs is 1. The predicted octanol–water partition coefficient (Wildman–Crippen LogP) is 6.67. The van der Waals surface area contributed by atoms with Crippen LogP contribution < -0.4 is 9.47 Å². The zero-order valence-corrected chi connectivity index (χ0v) is 27.2. The number of carbonyl (C=O) groups is 2. The van der Waals surface area contributed by atoms with Crippen molar-refractivity contribution in [3.05, 3.63) is 99.5 Å². The molecular formula is C35H36ClN3O7. The highest BCUT2D eigenvalue weighted by Gasteiger charge is 2.26. The van der Waals surface area contributed by atoms with Gasteiger partial charge in [0.15, 0.2) is 0 Å². The number of hydrogen-bond acceptors (Lipinski definition) is 8. The van der Waals surface area contributed by atoms with Crippen LogP contribution in [0.1, 0.15) is 45.0 Å². The molecule has 5 rings (SSSR count). The molecule has 0 atom stereocenters. The molecule has 0 aliphatic rings. The molecule has 0 spiro atoms. The van der Waals surface area contributed by atoms with E-state index in [9.17, 15) is 9.59 Å². The van der Waals surface area contributed by atoms with Crippen LogP contribution in [0.2, 0.25) is 5.02 Å². The smallest absolute Gasteiger partial charge is 0.354 e. The highest BCUT2D eigenvalue weighted by atomic mass is 35.5. The average Bonchev–Trinajstić information content (AvgIpc) is 3.60. The van der Waals surface area contributed by atoms with Crippen molar-refractivity contribution in [3.8, 4) is 22.6 Å². The Morgan fingerprint density at radius 1 is 0.826 bits per heavy atom. The van der Waals surface area contributed by atoms with E-state index in [4.69, 9.17) is 40.4 Å². The number of halogens is 1. The van der Waals surface area contributed by atoms with Gasteiger partial charge in [-0.1, -0.05) is 41.9 Å². The second kappa shape index (κ2) is 14.5. The number of esters is 2. The summed E-state index contributed by atoms with van der Waals surface area (Å²) in [5.41, 5.74) is 6.56. The molecule has 10 nitrogen and oxygen atoms in total. The highest BCUT2D eigenvalue weighted by molar-refractivity contribution is 6.35. The number of carbonyl (C=O) groups excluding carboxylic acids is 2. The van der Waals surface area contributed by atoms with E-state index in [0.29, 0.717) is 40.5 Å². The second-order valence-electron chi connectivity index (χ2n) is 10.6. The van der Waals surface area contributed by atoms with Gasteiger partial charge in [0.05, 0.1) is 64.4 Å². The topological polar surface area (TPSA) is 114 Å². The van der Waals surface area contributed by atoms with Crippen molar-refractivity contribution in [3.63, 3.8) is 0 Å².